The van der Waals surface area contributed by atoms with Crippen LogP contribution >= 0.6 is 0 Å². The molecule has 0 aromatic heterocycles. The second-order valence-electron chi connectivity index (χ2n) is 8.07. The minimum absolute atomic E-state index is 0.473. The molecular formula is C25H46O3. The summed E-state index contributed by atoms with van der Waals surface area (Å²) >= 11 is 0. The number of ether oxygens (including phenoxy) is 2. The van der Waals surface area contributed by atoms with Crippen molar-refractivity contribution in [3.63, 3.8) is 0 Å². The number of rotatable bonds is 19. The van der Waals surface area contributed by atoms with Crippen LogP contribution in [0.1, 0.15) is 111 Å². The molecular weight excluding hydrogens is 348 g/mol. The van der Waals surface area contributed by atoms with E-state index in [-0.39, 0.29) is 0 Å². The molecule has 0 aromatic rings. The number of allylic oxidation sites excluding steroid dienone is 4. The Balaban J connectivity index is 3.24. The molecule has 0 amide bonds. The number of carbonyl (C=O) groups excluding carboxylic acids is 1. The zero-order valence-electron chi connectivity index (χ0n) is 18.9. The summed E-state index contributed by atoms with van der Waals surface area (Å²) in [5.41, 5.74) is 0. The summed E-state index contributed by atoms with van der Waals surface area (Å²) in [5.74, 6) is 0.651. The molecule has 0 spiro atoms. The molecule has 164 valence electrons. The summed E-state index contributed by atoms with van der Waals surface area (Å²) in [7, 11) is 0. The fourth-order valence-corrected chi connectivity index (χ4v) is 2.93. The molecule has 0 aromatic carbocycles. The lowest BCUT2D eigenvalue weighted by Crippen LogP contribution is -2.09. The van der Waals surface area contributed by atoms with Gasteiger partial charge in [0, 0.05) is 0 Å². The van der Waals surface area contributed by atoms with E-state index >= 15 is 0 Å². The van der Waals surface area contributed by atoms with Crippen molar-refractivity contribution in [3.05, 3.63) is 24.3 Å². The molecule has 0 unspecified atom stereocenters. The molecule has 0 saturated carbocycles. The first-order chi connectivity index (χ1) is 13.7. The van der Waals surface area contributed by atoms with Gasteiger partial charge in [0.05, 0.1) is 13.2 Å². The average molecular weight is 395 g/mol. The Labute approximate surface area is 175 Å². The van der Waals surface area contributed by atoms with Gasteiger partial charge in [0.2, 0.25) is 0 Å². The third kappa shape index (κ3) is 22.8. The SMILES string of the molecule is CCCCC/C=C\C/C=C\CCCCCCCCOC(=O)OCCCC(C)C. The lowest BCUT2D eigenvalue weighted by molar-refractivity contribution is 0.0524. The number of hydrogen-bond donors (Lipinski definition) is 0. The van der Waals surface area contributed by atoms with Crippen molar-refractivity contribution in [1.82, 2.24) is 0 Å². The molecule has 0 radical (unpaired) electrons. The highest BCUT2D eigenvalue weighted by molar-refractivity contribution is 5.59. The standard InChI is InChI=1S/C25H46O3/c1-4-5-6-7-8-9-10-11-12-13-14-15-16-17-18-19-22-27-25(26)28-23-20-21-24(2)3/h8-9,11-12,24H,4-7,10,13-23H2,1-3H3/b9-8-,12-11-. The maximum Gasteiger partial charge on any atom is 0.508 e. The van der Waals surface area contributed by atoms with Gasteiger partial charge in [-0.2, -0.15) is 0 Å². The third-order valence-corrected chi connectivity index (χ3v) is 4.71. The van der Waals surface area contributed by atoms with Gasteiger partial charge in [0.15, 0.2) is 0 Å². The molecule has 28 heavy (non-hydrogen) atoms. The van der Waals surface area contributed by atoms with E-state index in [0.717, 1.165) is 32.1 Å². The van der Waals surface area contributed by atoms with Gasteiger partial charge in [0.1, 0.15) is 0 Å². The van der Waals surface area contributed by atoms with Gasteiger partial charge in [-0.25, -0.2) is 4.79 Å². The van der Waals surface area contributed by atoms with Crippen LogP contribution in [0.2, 0.25) is 0 Å². The first-order valence-corrected chi connectivity index (χ1v) is 11.8. The molecule has 0 bridgehead atoms. The lowest BCUT2D eigenvalue weighted by Gasteiger charge is -2.07. The summed E-state index contributed by atoms with van der Waals surface area (Å²) in [6, 6.07) is 0. The Bertz CT molecular complexity index is 385. The molecule has 0 aliphatic carbocycles. The first kappa shape index (κ1) is 26.8. The summed E-state index contributed by atoms with van der Waals surface area (Å²) < 4.78 is 10.1. The van der Waals surface area contributed by atoms with E-state index < -0.39 is 6.16 Å². The summed E-state index contributed by atoms with van der Waals surface area (Å²) in [6.45, 7) is 7.54. The van der Waals surface area contributed by atoms with Crippen LogP contribution in [0.15, 0.2) is 24.3 Å². The highest BCUT2D eigenvalue weighted by atomic mass is 16.7. The van der Waals surface area contributed by atoms with Crippen molar-refractivity contribution in [3.8, 4) is 0 Å². The average Bonchev–Trinajstić information content (AvgIpc) is 2.67. The van der Waals surface area contributed by atoms with E-state index in [1.807, 2.05) is 0 Å². The van der Waals surface area contributed by atoms with Crippen LogP contribution in [0, 0.1) is 5.92 Å². The van der Waals surface area contributed by atoms with Crippen LogP contribution in [0.4, 0.5) is 4.79 Å². The Morgan fingerprint density at radius 2 is 1.25 bits per heavy atom. The fourth-order valence-electron chi connectivity index (χ4n) is 2.93. The minimum Gasteiger partial charge on any atom is -0.434 e. The summed E-state index contributed by atoms with van der Waals surface area (Å²) in [6.07, 6.45) is 25.3. The molecule has 0 atom stereocenters. The van der Waals surface area contributed by atoms with Gasteiger partial charge in [-0.05, 0) is 57.3 Å². The zero-order valence-corrected chi connectivity index (χ0v) is 18.9. The van der Waals surface area contributed by atoms with Crippen LogP contribution in [-0.2, 0) is 9.47 Å². The molecule has 0 fully saturated rings. The zero-order chi connectivity index (χ0) is 20.7. The third-order valence-electron chi connectivity index (χ3n) is 4.71. The number of carbonyl (C=O) groups is 1. The number of hydrogen-bond acceptors (Lipinski definition) is 3. The second kappa shape index (κ2) is 22.0. The van der Waals surface area contributed by atoms with Crippen LogP contribution in [-0.4, -0.2) is 19.4 Å². The van der Waals surface area contributed by atoms with Crippen LogP contribution in [0.25, 0.3) is 0 Å². The highest BCUT2D eigenvalue weighted by Gasteiger charge is 2.03. The quantitative estimate of drug-likeness (QED) is 0.125. The largest absolute Gasteiger partial charge is 0.508 e. The van der Waals surface area contributed by atoms with Gasteiger partial charge in [-0.3, -0.25) is 0 Å². The first-order valence-electron chi connectivity index (χ1n) is 11.8. The molecule has 0 aliphatic rings. The normalized spacial score (nSPS) is 11.7. The molecule has 3 heteroatoms. The smallest absolute Gasteiger partial charge is 0.434 e. The van der Waals surface area contributed by atoms with Gasteiger partial charge >= 0.3 is 6.16 Å². The topological polar surface area (TPSA) is 35.5 Å². The van der Waals surface area contributed by atoms with Gasteiger partial charge in [-0.15, -0.1) is 0 Å². The Morgan fingerprint density at radius 3 is 1.86 bits per heavy atom. The van der Waals surface area contributed by atoms with Crippen molar-refractivity contribution in [1.29, 1.82) is 0 Å². The van der Waals surface area contributed by atoms with E-state index in [9.17, 15) is 4.79 Å². The van der Waals surface area contributed by atoms with E-state index in [4.69, 9.17) is 9.47 Å². The monoisotopic (exact) mass is 394 g/mol. The second-order valence-corrected chi connectivity index (χ2v) is 8.07. The lowest BCUT2D eigenvalue weighted by atomic mass is 10.1. The summed E-state index contributed by atoms with van der Waals surface area (Å²) in [4.78, 5) is 11.4. The fraction of sp³-hybridized carbons (Fsp3) is 0.800. The Morgan fingerprint density at radius 1 is 0.714 bits per heavy atom. The van der Waals surface area contributed by atoms with Gasteiger partial charge in [0.25, 0.3) is 0 Å². The van der Waals surface area contributed by atoms with Crippen LogP contribution in [0.5, 0.6) is 0 Å². The van der Waals surface area contributed by atoms with Crippen LogP contribution in [0.3, 0.4) is 0 Å². The van der Waals surface area contributed by atoms with Crippen molar-refractivity contribution < 1.29 is 14.3 Å². The minimum atomic E-state index is -0.508. The van der Waals surface area contributed by atoms with Gasteiger partial charge in [-0.1, -0.05) is 83.6 Å². The maximum atomic E-state index is 11.4. The summed E-state index contributed by atoms with van der Waals surface area (Å²) in [5, 5.41) is 0. The van der Waals surface area contributed by atoms with Crippen molar-refractivity contribution >= 4 is 6.16 Å². The van der Waals surface area contributed by atoms with Gasteiger partial charge < -0.3 is 9.47 Å². The van der Waals surface area contributed by atoms with E-state index in [1.54, 1.807) is 0 Å². The molecule has 0 N–H and O–H groups in total. The molecule has 3 nitrogen and oxygen atoms in total. The molecule has 0 rings (SSSR count). The van der Waals surface area contributed by atoms with E-state index in [0.29, 0.717) is 19.1 Å². The molecule has 0 heterocycles. The van der Waals surface area contributed by atoms with Crippen molar-refractivity contribution in [2.24, 2.45) is 5.92 Å². The highest BCUT2D eigenvalue weighted by Crippen LogP contribution is 2.09. The van der Waals surface area contributed by atoms with E-state index in [2.05, 4.69) is 45.1 Å². The van der Waals surface area contributed by atoms with Crippen molar-refractivity contribution in [2.75, 3.05) is 13.2 Å². The molecule has 0 aliphatic heterocycles. The van der Waals surface area contributed by atoms with Crippen LogP contribution < -0.4 is 0 Å². The molecule has 0 saturated heterocycles. The predicted octanol–water partition coefficient (Wildman–Crippen LogP) is 8.39. The van der Waals surface area contributed by atoms with E-state index in [1.165, 1.54) is 57.8 Å². The Kier molecular flexibility index (Phi) is 21.1. The Hall–Kier alpha value is -1.25. The maximum absolute atomic E-state index is 11.4. The van der Waals surface area contributed by atoms with Crippen molar-refractivity contribution in [2.45, 2.75) is 111 Å². The number of unbranched alkanes of at least 4 members (excludes halogenated alkanes) is 9. The predicted molar refractivity (Wildman–Crippen MR) is 121 cm³/mol.